The van der Waals surface area contributed by atoms with Gasteiger partial charge in [0.2, 0.25) is 11.8 Å². The lowest BCUT2D eigenvalue weighted by Crippen LogP contribution is -2.31. The first kappa shape index (κ1) is 17.0. The quantitative estimate of drug-likeness (QED) is 0.721. The van der Waals surface area contributed by atoms with Crippen molar-refractivity contribution in [3.05, 3.63) is 11.8 Å². The Morgan fingerprint density at radius 1 is 1.43 bits per heavy atom. The van der Waals surface area contributed by atoms with Gasteiger partial charge in [0.15, 0.2) is 5.82 Å². The predicted molar refractivity (Wildman–Crippen MR) is 77.1 cm³/mol. The second-order valence-corrected chi connectivity index (χ2v) is 5.31. The Morgan fingerprint density at radius 2 is 2.14 bits per heavy atom. The van der Waals surface area contributed by atoms with Gasteiger partial charge >= 0.3 is 5.97 Å². The number of carboxylic acid groups (broad SMARTS) is 1. The van der Waals surface area contributed by atoms with Gasteiger partial charge in [0.25, 0.3) is 0 Å². The van der Waals surface area contributed by atoms with Crippen molar-refractivity contribution in [3.63, 3.8) is 0 Å². The second-order valence-electron chi connectivity index (χ2n) is 4.32. The number of nitrogens with one attached hydrogen (secondary N) is 1. The standard InChI is InChI=1S/C12H17N3O5S/c1-8-5-9(14-20-8)13-10(16)6-21-7-11(17)15(2)4-3-12(18)19/h5H,3-4,6-7H2,1-2H3,(H,18,19)(H,13,14,16). The Balaban J connectivity index is 2.21. The Morgan fingerprint density at radius 3 is 2.71 bits per heavy atom. The zero-order valence-corrected chi connectivity index (χ0v) is 12.6. The molecule has 21 heavy (non-hydrogen) atoms. The number of carboxylic acids is 1. The zero-order chi connectivity index (χ0) is 15.8. The lowest BCUT2D eigenvalue weighted by molar-refractivity contribution is -0.137. The fraction of sp³-hybridized carbons (Fsp3) is 0.500. The molecule has 1 aromatic heterocycles. The van der Waals surface area contributed by atoms with Crippen LogP contribution in [0.3, 0.4) is 0 Å². The third-order valence-corrected chi connectivity index (χ3v) is 3.36. The average molecular weight is 315 g/mol. The number of aryl methyl sites for hydroxylation is 1. The molecule has 0 aliphatic rings. The Labute approximate surface area is 125 Å². The summed E-state index contributed by atoms with van der Waals surface area (Å²) in [5.41, 5.74) is 0. The van der Waals surface area contributed by atoms with E-state index in [1.165, 1.54) is 11.9 Å². The number of carbonyl (C=O) groups is 3. The van der Waals surface area contributed by atoms with E-state index >= 15 is 0 Å². The highest BCUT2D eigenvalue weighted by Gasteiger charge is 2.12. The molecule has 0 unspecified atom stereocenters. The van der Waals surface area contributed by atoms with E-state index in [1.54, 1.807) is 13.0 Å². The van der Waals surface area contributed by atoms with Gasteiger partial charge < -0.3 is 19.8 Å². The molecule has 0 aliphatic carbocycles. The third-order valence-electron chi connectivity index (χ3n) is 2.44. The number of anilines is 1. The molecule has 2 amide bonds. The largest absolute Gasteiger partial charge is 0.481 e. The van der Waals surface area contributed by atoms with Crippen LogP contribution in [-0.2, 0) is 14.4 Å². The number of nitrogens with zero attached hydrogens (tertiary/aromatic N) is 2. The Hall–Kier alpha value is -2.03. The number of rotatable bonds is 8. The third kappa shape index (κ3) is 6.80. The van der Waals surface area contributed by atoms with Gasteiger partial charge in [0, 0.05) is 19.7 Å². The first-order chi connectivity index (χ1) is 9.88. The summed E-state index contributed by atoms with van der Waals surface area (Å²) >= 11 is 1.15. The van der Waals surface area contributed by atoms with Crippen molar-refractivity contribution >= 4 is 35.4 Å². The molecule has 0 aliphatic heterocycles. The smallest absolute Gasteiger partial charge is 0.305 e. The fourth-order valence-electron chi connectivity index (χ4n) is 1.33. The number of hydrogen-bond donors (Lipinski definition) is 2. The topological polar surface area (TPSA) is 113 Å². The molecule has 0 spiro atoms. The summed E-state index contributed by atoms with van der Waals surface area (Å²) < 4.78 is 4.81. The number of hydrogen-bond acceptors (Lipinski definition) is 6. The maximum atomic E-state index is 11.7. The number of carbonyl (C=O) groups excluding carboxylic acids is 2. The van der Waals surface area contributed by atoms with E-state index in [0.29, 0.717) is 11.6 Å². The van der Waals surface area contributed by atoms with E-state index in [1.807, 2.05) is 0 Å². The van der Waals surface area contributed by atoms with Crippen molar-refractivity contribution in [2.75, 3.05) is 30.4 Å². The molecule has 0 saturated heterocycles. The summed E-state index contributed by atoms with van der Waals surface area (Å²) in [4.78, 5) is 35.0. The number of thioether (sulfide) groups is 1. The SMILES string of the molecule is Cc1cc(NC(=O)CSCC(=O)N(C)CCC(=O)O)no1. The normalized spacial score (nSPS) is 10.2. The van der Waals surface area contributed by atoms with Crippen LogP contribution in [0.1, 0.15) is 12.2 Å². The van der Waals surface area contributed by atoms with Crippen LogP contribution in [0.4, 0.5) is 5.82 Å². The minimum atomic E-state index is -0.954. The van der Waals surface area contributed by atoms with E-state index in [0.717, 1.165) is 11.8 Å². The second kappa shape index (κ2) is 8.30. The van der Waals surface area contributed by atoms with Crippen LogP contribution in [0.15, 0.2) is 10.6 Å². The van der Waals surface area contributed by atoms with Gasteiger partial charge in [-0.05, 0) is 6.92 Å². The van der Waals surface area contributed by atoms with E-state index in [9.17, 15) is 14.4 Å². The molecule has 0 atom stereocenters. The number of aromatic nitrogens is 1. The van der Waals surface area contributed by atoms with Gasteiger partial charge in [0.05, 0.1) is 17.9 Å². The molecule has 0 saturated carbocycles. The highest BCUT2D eigenvalue weighted by atomic mass is 32.2. The van der Waals surface area contributed by atoms with Crippen LogP contribution in [0.5, 0.6) is 0 Å². The van der Waals surface area contributed by atoms with Crippen molar-refractivity contribution in [1.29, 1.82) is 0 Å². The van der Waals surface area contributed by atoms with Crippen molar-refractivity contribution in [3.8, 4) is 0 Å². The van der Waals surface area contributed by atoms with Crippen LogP contribution in [0, 0.1) is 6.92 Å². The lowest BCUT2D eigenvalue weighted by atomic mass is 10.4. The highest BCUT2D eigenvalue weighted by Crippen LogP contribution is 2.08. The summed E-state index contributed by atoms with van der Waals surface area (Å²) in [6, 6.07) is 1.59. The van der Waals surface area contributed by atoms with E-state index in [-0.39, 0.29) is 36.3 Å². The maximum absolute atomic E-state index is 11.7. The summed E-state index contributed by atoms with van der Waals surface area (Å²) in [6.07, 6.45) is -0.0983. The summed E-state index contributed by atoms with van der Waals surface area (Å²) in [5.74, 6) is -0.312. The molecular formula is C12H17N3O5S. The van der Waals surface area contributed by atoms with Crippen LogP contribution < -0.4 is 5.32 Å². The molecule has 0 aromatic carbocycles. The van der Waals surface area contributed by atoms with Gasteiger partial charge in [0.1, 0.15) is 5.76 Å². The summed E-state index contributed by atoms with van der Waals surface area (Å²) in [6.45, 7) is 1.86. The minimum Gasteiger partial charge on any atom is -0.481 e. The molecule has 1 heterocycles. The van der Waals surface area contributed by atoms with E-state index in [4.69, 9.17) is 9.63 Å². The van der Waals surface area contributed by atoms with Gasteiger partial charge in [-0.2, -0.15) is 0 Å². The van der Waals surface area contributed by atoms with Gasteiger partial charge in [-0.15, -0.1) is 11.8 Å². The molecular weight excluding hydrogens is 298 g/mol. The van der Waals surface area contributed by atoms with Crippen LogP contribution >= 0.6 is 11.8 Å². The molecule has 0 bridgehead atoms. The molecule has 8 nitrogen and oxygen atoms in total. The average Bonchev–Trinajstić information content (AvgIpc) is 2.80. The number of aliphatic carboxylic acids is 1. The molecule has 2 N–H and O–H groups in total. The first-order valence-electron chi connectivity index (χ1n) is 6.15. The highest BCUT2D eigenvalue weighted by molar-refractivity contribution is 8.00. The van der Waals surface area contributed by atoms with Crippen molar-refractivity contribution in [1.82, 2.24) is 10.1 Å². The molecule has 1 rings (SSSR count). The summed E-state index contributed by atoms with van der Waals surface area (Å²) in [7, 11) is 1.53. The monoisotopic (exact) mass is 315 g/mol. The van der Waals surface area contributed by atoms with Crippen LogP contribution in [-0.4, -0.2) is 58.0 Å². The van der Waals surface area contributed by atoms with Gasteiger partial charge in [-0.25, -0.2) is 0 Å². The van der Waals surface area contributed by atoms with Gasteiger partial charge in [-0.3, -0.25) is 14.4 Å². The molecule has 0 radical (unpaired) electrons. The lowest BCUT2D eigenvalue weighted by Gasteiger charge is -2.15. The van der Waals surface area contributed by atoms with E-state index < -0.39 is 5.97 Å². The first-order valence-corrected chi connectivity index (χ1v) is 7.30. The predicted octanol–water partition coefficient (Wildman–Crippen LogP) is 0.588. The van der Waals surface area contributed by atoms with Crippen LogP contribution in [0.25, 0.3) is 0 Å². The molecule has 116 valence electrons. The Kier molecular flexibility index (Phi) is 6.73. The molecule has 9 heteroatoms. The van der Waals surface area contributed by atoms with Crippen molar-refractivity contribution < 1.29 is 24.0 Å². The maximum Gasteiger partial charge on any atom is 0.305 e. The van der Waals surface area contributed by atoms with Crippen molar-refractivity contribution in [2.45, 2.75) is 13.3 Å². The van der Waals surface area contributed by atoms with E-state index in [2.05, 4.69) is 10.5 Å². The fourth-order valence-corrected chi connectivity index (χ4v) is 2.09. The Bertz CT molecular complexity index is 517. The number of amides is 2. The zero-order valence-electron chi connectivity index (χ0n) is 11.8. The minimum absolute atomic E-state index is 0.0983. The van der Waals surface area contributed by atoms with Crippen LogP contribution in [0.2, 0.25) is 0 Å². The summed E-state index contributed by atoms with van der Waals surface area (Å²) in [5, 5.41) is 14.7. The molecule has 1 aromatic rings. The molecule has 0 fully saturated rings. The van der Waals surface area contributed by atoms with Crippen molar-refractivity contribution in [2.24, 2.45) is 0 Å². The van der Waals surface area contributed by atoms with Gasteiger partial charge in [-0.1, -0.05) is 5.16 Å².